The second-order valence-electron chi connectivity index (χ2n) is 8.36. The molecule has 0 aliphatic rings. The van der Waals surface area contributed by atoms with Crippen LogP contribution in [-0.4, -0.2) is 25.7 Å². The number of carbonyl (C=O) groups excluding carboxylic acids is 1. The molecule has 31 heavy (non-hydrogen) atoms. The Morgan fingerprint density at radius 3 is 2.00 bits per heavy atom. The molecule has 2 rings (SSSR count). The Kier molecular flexibility index (Phi) is 11.7. The third-order valence-corrected chi connectivity index (χ3v) is 5.58. The summed E-state index contributed by atoms with van der Waals surface area (Å²) in [5.74, 6) is -0.410. The van der Waals surface area contributed by atoms with E-state index in [2.05, 4.69) is 21.9 Å². The van der Waals surface area contributed by atoms with Crippen molar-refractivity contribution in [3.63, 3.8) is 0 Å². The highest BCUT2D eigenvalue weighted by atomic mass is 16.7. The van der Waals surface area contributed by atoms with Gasteiger partial charge in [0.2, 0.25) is 11.6 Å². The van der Waals surface area contributed by atoms with Gasteiger partial charge in [0.05, 0.1) is 0 Å². The molecule has 0 radical (unpaired) electrons. The minimum atomic E-state index is -0.459. The molecule has 8 nitrogen and oxygen atoms in total. The molecule has 8 heteroatoms. The van der Waals surface area contributed by atoms with Gasteiger partial charge in [-0.1, -0.05) is 96.8 Å². The van der Waals surface area contributed by atoms with Crippen LogP contribution in [0.25, 0.3) is 11.2 Å². The largest absolute Gasteiger partial charge is 0.369 e. The third-order valence-electron chi connectivity index (χ3n) is 5.58. The van der Waals surface area contributed by atoms with Crippen LogP contribution >= 0.6 is 0 Å². The monoisotopic (exact) mass is 433 g/mol. The van der Waals surface area contributed by atoms with Crippen LogP contribution in [0.15, 0.2) is 11.1 Å². The van der Waals surface area contributed by atoms with Gasteiger partial charge in [-0.3, -0.25) is 9.78 Å². The van der Waals surface area contributed by atoms with Gasteiger partial charge in [-0.25, -0.2) is 9.78 Å². The first-order valence-electron chi connectivity index (χ1n) is 12.1. The van der Waals surface area contributed by atoms with E-state index in [4.69, 9.17) is 10.6 Å². The highest BCUT2D eigenvalue weighted by molar-refractivity contribution is 5.73. The normalized spacial score (nSPS) is 11.3. The van der Waals surface area contributed by atoms with Crippen LogP contribution in [0.1, 0.15) is 110 Å². The number of hydrogen-bond donors (Lipinski definition) is 2. The number of nitrogen functional groups attached to an aromatic ring is 1. The number of carbonyl (C=O) groups is 1. The maximum Gasteiger partial charge on any atom is 0.333 e. The van der Waals surface area contributed by atoms with Crippen molar-refractivity contribution in [3.05, 3.63) is 16.7 Å². The van der Waals surface area contributed by atoms with Crippen molar-refractivity contribution in [2.24, 2.45) is 0 Å². The van der Waals surface area contributed by atoms with Gasteiger partial charge in [0, 0.05) is 6.42 Å². The Hall–Kier alpha value is -2.38. The maximum absolute atomic E-state index is 12.0. The van der Waals surface area contributed by atoms with Crippen LogP contribution in [0.2, 0.25) is 0 Å². The average Bonchev–Trinajstić information content (AvgIpc) is 3.13. The summed E-state index contributed by atoms with van der Waals surface area (Å²) in [5, 5.41) is 0. The van der Waals surface area contributed by atoms with Gasteiger partial charge in [0.1, 0.15) is 6.33 Å². The van der Waals surface area contributed by atoms with E-state index in [1.165, 1.54) is 83.4 Å². The number of fused-ring (bicyclic) bond motifs is 1. The van der Waals surface area contributed by atoms with Crippen molar-refractivity contribution in [2.75, 3.05) is 5.73 Å². The summed E-state index contributed by atoms with van der Waals surface area (Å²) in [5.41, 5.74) is 5.31. The van der Waals surface area contributed by atoms with Crippen LogP contribution in [0.3, 0.4) is 0 Å². The van der Waals surface area contributed by atoms with Crippen molar-refractivity contribution < 1.29 is 9.63 Å². The molecule has 0 aliphatic carbocycles. The fourth-order valence-corrected chi connectivity index (χ4v) is 3.77. The van der Waals surface area contributed by atoms with Gasteiger partial charge in [-0.15, -0.1) is 4.73 Å². The number of nitrogens with zero attached hydrogens (tertiary/aromatic N) is 3. The molecular formula is C23H39N5O3. The zero-order valence-corrected chi connectivity index (χ0v) is 19.0. The standard InChI is InChI=1S/C23H39N5O3/c1-2-3-4-5-6-7-8-9-10-11-12-13-14-15-16-17-19(29)31-28-18-25-20-21(28)26-23(24)27-22(20)30/h18H,2-17H2,1H3,(H3,24,26,27,30). The number of nitrogens with one attached hydrogen (secondary N) is 1. The lowest BCUT2D eigenvalue weighted by atomic mass is 10.0. The van der Waals surface area contributed by atoms with Crippen molar-refractivity contribution in [2.45, 2.75) is 110 Å². The van der Waals surface area contributed by atoms with Gasteiger partial charge in [0.25, 0.3) is 5.56 Å². The molecule has 0 unspecified atom stereocenters. The van der Waals surface area contributed by atoms with E-state index in [0.29, 0.717) is 6.42 Å². The topological polar surface area (TPSA) is 116 Å². The molecule has 174 valence electrons. The number of rotatable bonds is 17. The molecule has 0 spiro atoms. The van der Waals surface area contributed by atoms with Crippen molar-refractivity contribution in [1.29, 1.82) is 0 Å². The lowest BCUT2D eigenvalue weighted by Crippen LogP contribution is -2.20. The van der Waals surface area contributed by atoms with Crippen LogP contribution in [-0.2, 0) is 4.79 Å². The molecule has 0 atom stereocenters. The Bertz CT molecular complexity index is 830. The Morgan fingerprint density at radius 2 is 1.45 bits per heavy atom. The SMILES string of the molecule is CCCCCCCCCCCCCCCCCC(=O)On1cnc2c(=O)[nH]c(N)nc21. The Balaban J connectivity index is 1.45. The zero-order chi connectivity index (χ0) is 22.3. The van der Waals surface area contributed by atoms with Crippen LogP contribution in [0.4, 0.5) is 5.95 Å². The second kappa shape index (κ2) is 14.6. The fraction of sp³-hybridized carbons (Fsp3) is 0.739. The molecule has 0 aliphatic heterocycles. The summed E-state index contributed by atoms with van der Waals surface area (Å²) >= 11 is 0. The minimum Gasteiger partial charge on any atom is -0.369 e. The zero-order valence-electron chi connectivity index (χ0n) is 19.0. The Labute approximate surface area is 184 Å². The summed E-state index contributed by atoms with van der Waals surface area (Å²) in [6.07, 6.45) is 20.8. The molecule has 2 aromatic heterocycles. The van der Waals surface area contributed by atoms with Crippen LogP contribution < -0.4 is 16.1 Å². The summed E-state index contributed by atoms with van der Waals surface area (Å²) in [6.45, 7) is 2.26. The van der Waals surface area contributed by atoms with E-state index < -0.39 is 5.56 Å². The average molecular weight is 434 g/mol. The fourth-order valence-electron chi connectivity index (χ4n) is 3.77. The lowest BCUT2D eigenvalue weighted by Gasteiger charge is -2.05. The number of anilines is 1. The van der Waals surface area contributed by atoms with Crippen LogP contribution in [0.5, 0.6) is 0 Å². The van der Waals surface area contributed by atoms with Gasteiger partial charge in [-0.05, 0) is 6.42 Å². The van der Waals surface area contributed by atoms with Gasteiger partial charge in [0.15, 0.2) is 5.52 Å². The van der Waals surface area contributed by atoms with E-state index in [0.717, 1.165) is 24.0 Å². The molecule has 3 N–H and O–H groups in total. The van der Waals surface area contributed by atoms with Gasteiger partial charge < -0.3 is 10.6 Å². The first-order valence-corrected chi connectivity index (χ1v) is 12.1. The molecule has 0 saturated carbocycles. The molecule has 2 aromatic rings. The maximum atomic E-state index is 12.0. The predicted molar refractivity (Wildman–Crippen MR) is 124 cm³/mol. The van der Waals surface area contributed by atoms with E-state index in [1.807, 2.05) is 0 Å². The number of nitrogens with two attached hydrogens (primary N) is 1. The van der Waals surface area contributed by atoms with E-state index in [1.54, 1.807) is 0 Å². The molecule has 0 aromatic carbocycles. The summed E-state index contributed by atoms with van der Waals surface area (Å²) in [7, 11) is 0. The molecular weight excluding hydrogens is 394 g/mol. The van der Waals surface area contributed by atoms with E-state index in [9.17, 15) is 9.59 Å². The predicted octanol–water partition coefficient (Wildman–Crippen LogP) is 4.92. The van der Waals surface area contributed by atoms with Gasteiger partial charge in [-0.2, -0.15) is 4.98 Å². The first kappa shape index (κ1) is 24.9. The quantitative estimate of drug-likeness (QED) is 0.342. The summed E-state index contributed by atoms with van der Waals surface area (Å²) in [4.78, 5) is 39.3. The minimum absolute atomic E-state index is 0.0438. The molecule has 0 amide bonds. The smallest absolute Gasteiger partial charge is 0.333 e. The summed E-state index contributed by atoms with van der Waals surface area (Å²) < 4.78 is 1.11. The lowest BCUT2D eigenvalue weighted by molar-refractivity contribution is -0.143. The highest BCUT2D eigenvalue weighted by Gasteiger charge is 2.13. The number of H-pyrrole nitrogens is 1. The molecule has 0 saturated heterocycles. The Morgan fingerprint density at radius 1 is 0.935 bits per heavy atom. The van der Waals surface area contributed by atoms with Crippen molar-refractivity contribution in [1.82, 2.24) is 19.7 Å². The molecule has 0 fully saturated rings. The number of hydrogen-bond acceptors (Lipinski definition) is 6. The third kappa shape index (κ3) is 9.53. The van der Waals surface area contributed by atoms with Crippen LogP contribution in [0, 0.1) is 0 Å². The van der Waals surface area contributed by atoms with E-state index in [-0.39, 0.29) is 23.1 Å². The summed E-state index contributed by atoms with van der Waals surface area (Å²) in [6, 6.07) is 0. The first-order chi connectivity index (χ1) is 15.1. The van der Waals surface area contributed by atoms with E-state index >= 15 is 0 Å². The molecule has 0 bridgehead atoms. The van der Waals surface area contributed by atoms with Crippen molar-refractivity contribution >= 4 is 23.1 Å². The number of aromatic amines is 1. The number of unbranched alkanes of at least 4 members (excludes halogenated alkanes) is 14. The van der Waals surface area contributed by atoms with Crippen molar-refractivity contribution in [3.8, 4) is 0 Å². The number of aromatic nitrogens is 4. The van der Waals surface area contributed by atoms with Gasteiger partial charge >= 0.3 is 5.97 Å². The molecule has 2 heterocycles. The number of imidazole rings is 1. The second-order valence-corrected chi connectivity index (χ2v) is 8.36. The highest BCUT2D eigenvalue weighted by Crippen LogP contribution is 2.14.